The molecule has 0 bridgehead atoms. The maximum atomic E-state index is 11.8. The van der Waals surface area contributed by atoms with Gasteiger partial charge >= 0.3 is 0 Å². The Morgan fingerprint density at radius 3 is 2.82 bits per heavy atom. The van der Waals surface area contributed by atoms with Crippen molar-refractivity contribution in [3.8, 4) is 0 Å². The Kier molecular flexibility index (Phi) is 5.21. The van der Waals surface area contributed by atoms with Crippen molar-refractivity contribution < 1.29 is 14.7 Å². The van der Waals surface area contributed by atoms with Crippen LogP contribution in [0.3, 0.4) is 0 Å². The number of likely N-dealkylation sites (N-methyl/N-ethyl adjacent to an activating group) is 1. The molecule has 1 saturated carbocycles. The molecular formula is C11H21N3O3. The van der Waals surface area contributed by atoms with Gasteiger partial charge in [-0.2, -0.15) is 0 Å². The summed E-state index contributed by atoms with van der Waals surface area (Å²) < 4.78 is 5.44. The van der Waals surface area contributed by atoms with E-state index in [4.69, 9.17) is 15.7 Å². The van der Waals surface area contributed by atoms with Crippen LogP contribution in [0.4, 0.5) is 0 Å². The van der Waals surface area contributed by atoms with Gasteiger partial charge in [0.15, 0.2) is 5.84 Å². The molecule has 1 unspecified atom stereocenters. The molecule has 1 aliphatic rings. The van der Waals surface area contributed by atoms with Gasteiger partial charge in [0, 0.05) is 20.2 Å². The van der Waals surface area contributed by atoms with Crippen LogP contribution in [0.2, 0.25) is 0 Å². The van der Waals surface area contributed by atoms with E-state index in [1.54, 1.807) is 14.0 Å². The molecule has 0 radical (unpaired) electrons. The van der Waals surface area contributed by atoms with Crippen LogP contribution in [-0.4, -0.2) is 48.7 Å². The van der Waals surface area contributed by atoms with Crippen LogP contribution in [-0.2, 0) is 9.53 Å². The number of nitrogens with zero attached hydrogens (tertiary/aromatic N) is 2. The van der Waals surface area contributed by atoms with Crippen molar-refractivity contribution >= 4 is 11.7 Å². The molecule has 0 aromatic rings. The van der Waals surface area contributed by atoms with Crippen LogP contribution >= 0.6 is 0 Å². The molecule has 0 aromatic carbocycles. The minimum absolute atomic E-state index is 0.0688. The van der Waals surface area contributed by atoms with Crippen LogP contribution in [0.25, 0.3) is 0 Å². The molecule has 0 heterocycles. The summed E-state index contributed by atoms with van der Waals surface area (Å²) in [7, 11) is 1.68. The smallest absolute Gasteiger partial charge is 0.232 e. The summed E-state index contributed by atoms with van der Waals surface area (Å²) in [6.07, 6.45) is 2.52. The van der Waals surface area contributed by atoms with Gasteiger partial charge in [0.05, 0.1) is 12.5 Å². The fraction of sp³-hybridized carbons (Fsp3) is 0.818. The third-order valence-corrected chi connectivity index (χ3v) is 2.93. The Labute approximate surface area is 101 Å². The number of nitrogens with two attached hydrogens (primary N) is 1. The quantitative estimate of drug-likeness (QED) is 0.221. The Morgan fingerprint density at radius 1 is 1.65 bits per heavy atom. The highest BCUT2D eigenvalue weighted by Crippen LogP contribution is 2.28. The van der Waals surface area contributed by atoms with Crippen LogP contribution in [0.5, 0.6) is 0 Å². The van der Waals surface area contributed by atoms with Crippen molar-refractivity contribution in [1.82, 2.24) is 4.90 Å². The maximum absolute atomic E-state index is 11.8. The summed E-state index contributed by atoms with van der Waals surface area (Å²) in [6.45, 7) is 3.45. The predicted molar refractivity (Wildman–Crippen MR) is 63.8 cm³/mol. The van der Waals surface area contributed by atoms with Crippen molar-refractivity contribution in [2.75, 3.05) is 26.8 Å². The molecule has 17 heavy (non-hydrogen) atoms. The number of carbonyl (C=O) groups is 1. The van der Waals surface area contributed by atoms with E-state index in [0.29, 0.717) is 13.2 Å². The normalized spacial score (nSPS) is 17.9. The Bertz CT molecular complexity index is 290. The van der Waals surface area contributed by atoms with Crippen molar-refractivity contribution in [1.29, 1.82) is 0 Å². The van der Waals surface area contributed by atoms with Gasteiger partial charge < -0.3 is 20.6 Å². The Balaban J connectivity index is 2.20. The number of ether oxygens (including phenoxy) is 1. The highest BCUT2D eigenvalue weighted by Gasteiger charge is 2.23. The van der Waals surface area contributed by atoms with E-state index in [2.05, 4.69) is 5.16 Å². The molecule has 6 nitrogen and oxygen atoms in total. The molecule has 0 aliphatic heterocycles. The second-order valence-electron chi connectivity index (χ2n) is 4.52. The first kappa shape index (κ1) is 13.8. The zero-order valence-electron chi connectivity index (χ0n) is 10.4. The van der Waals surface area contributed by atoms with E-state index in [0.717, 1.165) is 12.5 Å². The minimum Gasteiger partial charge on any atom is -0.409 e. The number of amidine groups is 1. The summed E-state index contributed by atoms with van der Waals surface area (Å²) in [5.41, 5.74) is 5.38. The van der Waals surface area contributed by atoms with E-state index in [-0.39, 0.29) is 11.7 Å². The van der Waals surface area contributed by atoms with Gasteiger partial charge in [0.1, 0.15) is 0 Å². The first-order valence-corrected chi connectivity index (χ1v) is 5.86. The summed E-state index contributed by atoms with van der Waals surface area (Å²) in [5, 5.41) is 11.3. The average molecular weight is 243 g/mol. The van der Waals surface area contributed by atoms with Crippen molar-refractivity contribution in [2.24, 2.45) is 22.7 Å². The molecule has 3 N–H and O–H groups in total. The highest BCUT2D eigenvalue weighted by atomic mass is 16.5. The zero-order valence-corrected chi connectivity index (χ0v) is 10.4. The van der Waals surface area contributed by atoms with E-state index < -0.39 is 5.92 Å². The lowest BCUT2D eigenvalue weighted by molar-refractivity contribution is -0.132. The van der Waals surface area contributed by atoms with E-state index in [1.165, 1.54) is 17.7 Å². The molecule has 1 aliphatic carbocycles. The van der Waals surface area contributed by atoms with Crippen LogP contribution < -0.4 is 5.73 Å². The Hall–Kier alpha value is -1.30. The molecular weight excluding hydrogens is 222 g/mol. The number of oxime groups is 1. The van der Waals surface area contributed by atoms with Gasteiger partial charge in [-0.1, -0.05) is 5.16 Å². The number of carbonyl (C=O) groups excluding carboxylic acids is 1. The number of hydrogen-bond acceptors (Lipinski definition) is 4. The monoisotopic (exact) mass is 243 g/mol. The van der Waals surface area contributed by atoms with Gasteiger partial charge in [-0.15, -0.1) is 0 Å². The highest BCUT2D eigenvalue weighted by molar-refractivity contribution is 6.01. The third kappa shape index (κ3) is 4.60. The second kappa shape index (κ2) is 6.44. The summed E-state index contributed by atoms with van der Waals surface area (Å²) >= 11 is 0. The lowest BCUT2D eigenvalue weighted by Gasteiger charge is -2.20. The SMILES string of the molecule is CC(C(=O)N(C)CCOCC1CC1)C(N)=NO. The van der Waals surface area contributed by atoms with Gasteiger partial charge in [0.25, 0.3) is 0 Å². The molecule has 1 rings (SSSR count). The molecule has 0 spiro atoms. The fourth-order valence-corrected chi connectivity index (χ4v) is 1.39. The molecule has 1 amide bonds. The fourth-order valence-electron chi connectivity index (χ4n) is 1.39. The van der Waals surface area contributed by atoms with E-state index in [1.807, 2.05) is 0 Å². The topological polar surface area (TPSA) is 88.2 Å². The van der Waals surface area contributed by atoms with Gasteiger partial charge in [-0.05, 0) is 25.7 Å². The lowest BCUT2D eigenvalue weighted by atomic mass is 10.1. The largest absolute Gasteiger partial charge is 0.409 e. The van der Waals surface area contributed by atoms with Gasteiger partial charge in [-0.3, -0.25) is 4.79 Å². The van der Waals surface area contributed by atoms with Crippen LogP contribution in [0, 0.1) is 11.8 Å². The lowest BCUT2D eigenvalue weighted by Crippen LogP contribution is -2.39. The molecule has 1 atom stereocenters. The average Bonchev–Trinajstić information content (AvgIpc) is 3.15. The predicted octanol–water partition coefficient (Wildman–Crippen LogP) is 0.254. The zero-order chi connectivity index (χ0) is 12.8. The molecule has 1 fully saturated rings. The molecule has 98 valence electrons. The maximum Gasteiger partial charge on any atom is 0.232 e. The molecule has 0 saturated heterocycles. The second-order valence-corrected chi connectivity index (χ2v) is 4.52. The van der Waals surface area contributed by atoms with Crippen LogP contribution in [0.1, 0.15) is 19.8 Å². The first-order valence-electron chi connectivity index (χ1n) is 5.86. The number of hydrogen-bond donors (Lipinski definition) is 2. The number of rotatable bonds is 7. The van der Waals surface area contributed by atoms with Crippen molar-refractivity contribution in [3.63, 3.8) is 0 Å². The van der Waals surface area contributed by atoms with Gasteiger partial charge in [-0.25, -0.2) is 0 Å². The van der Waals surface area contributed by atoms with E-state index in [9.17, 15) is 4.79 Å². The summed E-state index contributed by atoms with van der Waals surface area (Å²) in [4.78, 5) is 13.3. The summed E-state index contributed by atoms with van der Waals surface area (Å²) in [5.74, 6) is -0.114. The molecule has 6 heteroatoms. The van der Waals surface area contributed by atoms with Gasteiger partial charge in [0.2, 0.25) is 5.91 Å². The first-order chi connectivity index (χ1) is 8.06. The molecule has 0 aromatic heterocycles. The van der Waals surface area contributed by atoms with Crippen molar-refractivity contribution in [2.45, 2.75) is 19.8 Å². The van der Waals surface area contributed by atoms with Crippen molar-refractivity contribution in [3.05, 3.63) is 0 Å². The Morgan fingerprint density at radius 2 is 2.29 bits per heavy atom. The standard InChI is InChI=1S/C11H21N3O3/c1-8(10(12)13-16)11(15)14(2)5-6-17-7-9-3-4-9/h8-9,16H,3-7H2,1-2H3,(H2,12,13). The van der Waals surface area contributed by atoms with Crippen LogP contribution in [0.15, 0.2) is 5.16 Å². The minimum atomic E-state index is -0.603. The summed E-state index contributed by atoms with van der Waals surface area (Å²) in [6, 6.07) is 0. The number of amides is 1. The third-order valence-electron chi connectivity index (χ3n) is 2.93. The van der Waals surface area contributed by atoms with E-state index >= 15 is 0 Å².